The van der Waals surface area contributed by atoms with Crippen LogP contribution in [0.5, 0.6) is 0 Å². The van der Waals surface area contributed by atoms with Crippen LogP contribution in [0.25, 0.3) is 0 Å². The Hall–Kier alpha value is 0.529. The molecular formula is C15H33O3PSn. The van der Waals surface area contributed by atoms with Gasteiger partial charge in [-0.3, -0.25) is 0 Å². The van der Waals surface area contributed by atoms with Gasteiger partial charge in [-0.25, -0.2) is 0 Å². The van der Waals surface area contributed by atoms with Crippen LogP contribution in [0.3, 0.4) is 0 Å². The second-order valence-electron chi connectivity index (χ2n) is 5.61. The van der Waals surface area contributed by atoms with E-state index in [-0.39, 0.29) is 0 Å². The molecule has 0 rings (SSSR count). The third-order valence-corrected chi connectivity index (χ3v) is 20.3. The van der Waals surface area contributed by atoms with Gasteiger partial charge in [0.15, 0.2) is 0 Å². The molecular weight excluding hydrogens is 378 g/mol. The minimum absolute atomic E-state index is 0.959. The molecule has 0 saturated carbocycles. The van der Waals surface area contributed by atoms with Crippen LogP contribution in [0.15, 0.2) is 9.85 Å². The molecule has 0 spiro atoms. The first kappa shape index (κ1) is 20.5. The quantitative estimate of drug-likeness (QED) is 0.256. The maximum atomic E-state index is 11.2. The number of unbranched alkanes of at least 4 members (excludes halogenated alkanes) is 3. The molecule has 1 unspecified atom stereocenters. The minimum atomic E-state index is -2.87. The zero-order valence-electron chi connectivity index (χ0n) is 13.7. The van der Waals surface area contributed by atoms with Crippen molar-refractivity contribution in [2.75, 3.05) is 0 Å². The van der Waals surface area contributed by atoms with Crippen LogP contribution >= 0.6 is 8.25 Å². The van der Waals surface area contributed by atoms with E-state index < -0.39 is 26.6 Å². The van der Waals surface area contributed by atoms with Crippen LogP contribution in [-0.2, 0) is 9.09 Å². The molecule has 0 aliphatic rings. The number of allylic oxidation sites excluding steroid dienone is 1. The predicted octanol–water partition coefficient (Wildman–Crippen LogP) is 5.68. The Balaban J connectivity index is 5.22. The maximum absolute atomic E-state index is 11.2. The predicted molar refractivity (Wildman–Crippen MR) is 91.0 cm³/mol. The van der Waals surface area contributed by atoms with E-state index in [1.54, 1.807) is 0 Å². The van der Waals surface area contributed by atoms with E-state index in [1.807, 2.05) is 13.0 Å². The summed E-state index contributed by atoms with van der Waals surface area (Å²) < 4.78 is 21.4. The molecule has 0 saturated heterocycles. The van der Waals surface area contributed by atoms with Crippen LogP contribution < -0.4 is 0 Å². The second kappa shape index (κ2) is 12.1. The molecule has 1 atom stereocenters. The van der Waals surface area contributed by atoms with Crippen molar-refractivity contribution in [2.24, 2.45) is 0 Å². The van der Waals surface area contributed by atoms with Gasteiger partial charge in [-0.2, -0.15) is 0 Å². The summed E-state index contributed by atoms with van der Waals surface area (Å²) in [5, 5.41) is 0. The van der Waals surface area contributed by atoms with Crippen LogP contribution in [-0.4, -0.2) is 23.3 Å². The Labute approximate surface area is 130 Å². The van der Waals surface area contributed by atoms with E-state index >= 15 is 0 Å². The third kappa shape index (κ3) is 7.51. The number of hydrogen-bond donors (Lipinski definition) is 1. The third-order valence-electron chi connectivity index (χ3n) is 4.01. The number of rotatable bonds is 12. The molecule has 0 radical (unpaired) electrons. The Morgan fingerprint density at radius 1 is 1.05 bits per heavy atom. The van der Waals surface area contributed by atoms with Gasteiger partial charge in [0.25, 0.3) is 0 Å². The van der Waals surface area contributed by atoms with Gasteiger partial charge in [-0.05, 0) is 0 Å². The second-order valence-corrected chi connectivity index (χ2v) is 19.3. The summed E-state index contributed by atoms with van der Waals surface area (Å²) in [6, 6.07) is 0. The fourth-order valence-corrected chi connectivity index (χ4v) is 20.8. The van der Waals surface area contributed by atoms with Gasteiger partial charge < -0.3 is 0 Å². The van der Waals surface area contributed by atoms with E-state index in [1.165, 1.54) is 51.8 Å². The van der Waals surface area contributed by atoms with Crippen molar-refractivity contribution in [1.82, 2.24) is 0 Å². The van der Waals surface area contributed by atoms with E-state index in [4.69, 9.17) is 4.52 Å². The molecule has 0 bridgehead atoms. The summed E-state index contributed by atoms with van der Waals surface area (Å²) in [6.07, 6.45) is 9.28. The van der Waals surface area contributed by atoms with Crippen molar-refractivity contribution in [3.8, 4) is 0 Å². The first-order valence-electron chi connectivity index (χ1n) is 8.13. The van der Waals surface area contributed by atoms with E-state index in [2.05, 4.69) is 20.8 Å². The van der Waals surface area contributed by atoms with Gasteiger partial charge in [0.05, 0.1) is 0 Å². The van der Waals surface area contributed by atoms with E-state index in [9.17, 15) is 9.46 Å². The van der Waals surface area contributed by atoms with Gasteiger partial charge in [0.1, 0.15) is 0 Å². The van der Waals surface area contributed by atoms with Crippen molar-refractivity contribution in [2.45, 2.75) is 79.5 Å². The molecule has 5 heteroatoms. The van der Waals surface area contributed by atoms with Crippen molar-refractivity contribution >= 4 is 26.6 Å². The Bertz CT molecular complexity index is 284. The zero-order chi connectivity index (χ0) is 15.4. The molecule has 0 aliphatic heterocycles. The standard InChI is InChI=1S/3C4H9.C3H6O3P.Sn/c3*1-3-4-2;1-2-3-6-7(4)5;/h3*1,3-4H2,2H3;2,7H,1H3,(H,4,5);. The molecule has 120 valence electrons. The van der Waals surface area contributed by atoms with Crippen molar-refractivity contribution in [1.29, 1.82) is 0 Å². The Morgan fingerprint density at radius 2 is 1.45 bits per heavy atom. The zero-order valence-corrected chi connectivity index (χ0v) is 17.6. The summed E-state index contributed by atoms with van der Waals surface area (Å²) in [6.45, 7) is 8.64. The van der Waals surface area contributed by atoms with Crippen LogP contribution in [0.1, 0.15) is 66.2 Å². The topological polar surface area (TPSA) is 46.5 Å². The molecule has 20 heavy (non-hydrogen) atoms. The van der Waals surface area contributed by atoms with Crippen molar-refractivity contribution in [3.63, 3.8) is 0 Å². The Kier molecular flexibility index (Phi) is 12.4. The average molecular weight is 411 g/mol. The molecule has 3 nitrogen and oxygen atoms in total. The van der Waals surface area contributed by atoms with Gasteiger partial charge in [0.2, 0.25) is 0 Å². The molecule has 1 N–H and O–H groups in total. The van der Waals surface area contributed by atoms with Gasteiger partial charge >= 0.3 is 130 Å². The van der Waals surface area contributed by atoms with Gasteiger partial charge in [-0.15, -0.1) is 0 Å². The normalized spacial score (nSPS) is 14.3. The summed E-state index contributed by atoms with van der Waals surface area (Å²) >= 11 is -2.62. The van der Waals surface area contributed by atoms with Gasteiger partial charge in [0, 0.05) is 0 Å². The first-order valence-corrected chi connectivity index (χ1v) is 16.9. The van der Waals surface area contributed by atoms with Crippen LogP contribution in [0, 0.1) is 0 Å². The summed E-state index contributed by atoms with van der Waals surface area (Å²) in [5.74, 6) is 0. The first-order chi connectivity index (χ1) is 9.56. The molecule has 0 aromatic heterocycles. The summed E-state index contributed by atoms with van der Waals surface area (Å²) in [7, 11) is -2.87. The average Bonchev–Trinajstić information content (AvgIpc) is 2.44. The molecule has 0 amide bonds. The van der Waals surface area contributed by atoms with Gasteiger partial charge in [-0.1, -0.05) is 0 Å². The summed E-state index contributed by atoms with van der Waals surface area (Å²) in [4.78, 5) is 9.21. The fraction of sp³-hybridized carbons (Fsp3) is 0.867. The van der Waals surface area contributed by atoms with Crippen LogP contribution in [0.4, 0.5) is 0 Å². The van der Waals surface area contributed by atoms with E-state index in [0.29, 0.717) is 0 Å². The monoisotopic (exact) mass is 412 g/mol. The molecule has 0 aromatic carbocycles. The summed E-state index contributed by atoms with van der Waals surface area (Å²) in [5.41, 5.74) is 0. The van der Waals surface area contributed by atoms with Crippen LogP contribution in [0.2, 0.25) is 13.3 Å². The molecule has 0 heterocycles. The fourth-order valence-electron chi connectivity index (χ4n) is 2.86. The molecule has 0 aliphatic carbocycles. The molecule has 0 fully saturated rings. The number of hydrogen-bond acceptors (Lipinski definition) is 2. The van der Waals surface area contributed by atoms with Crippen molar-refractivity contribution < 1.29 is 14.0 Å². The van der Waals surface area contributed by atoms with E-state index in [0.717, 1.165) is 3.78 Å². The Morgan fingerprint density at radius 3 is 1.70 bits per heavy atom. The van der Waals surface area contributed by atoms with Crippen molar-refractivity contribution in [3.05, 3.63) is 9.85 Å². The SMILES string of the molecule is CC=[C](O[PH](=O)O)[Sn]([CH2]CCC)([CH2]CCC)[CH2]CCC. The molecule has 0 aromatic rings.